The lowest BCUT2D eigenvalue weighted by Crippen LogP contribution is -3.00. The van der Waals surface area contributed by atoms with Crippen molar-refractivity contribution in [3.05, 3.63) is 25.3 Å². The highest BCUT2D eigenvalue weighted by atomic mass is 79.9. The van der Waals surface area contributed by atoms with Gasteiger partial charge < -0.3 is 85.9 Å². The van der Waals surface area contributed by atoms with Crippen LogP contribution in [-0.4, -0.2) is 126 Å². The zero-order valence-electron chi connectivity index (χ0n) is 35.1. The highest BCUT2D eigenvalue weighted by molar-refractivity contribution is 4.68. The van der Waals surface area contributed by atoms with Gasteiger partial charge in [-0.2, -0.15) is 0 Å². The summed E-state index contributed by atoms with van der Waals surface area (Å²) in [6.07, 6.45) is 32.7. The number of halogens is 4. The Bertz CT molecular complexity index is 677. The maximum absolute atomic E-state index is 4.17. The lowest BCUT2D eigenvalue weighted by Gasteiger charge is -2.42. The molecule has 4 nitrogen and oxygen atoms in total. The van der Waals surface area contributed by atoms with Crippen molar-refractivity contribution in [3.63, 3.8) is 0 Å². The van der Waals surface area contributed by atoms with Crippen LogP contribution >= 0.6 is 0 Å². The molecule has 0 aliphatic rings. The highest BCUT2D eigenvalue weighted by Crippen LogP contribution is 2.16. The van der Waals surface area contributed by atoms with Gasteiger partial charge in [-0.05, 0) is 37.8 Å². The molecule has 0 N–H and O–H groups in total. The number of quaternary nitrogens is 4. The summed E-state index contributed by atoms with van der Waals surface area (Å²) in [5, 5.41) is 0. The van der Waals surface area contributed by atoms with Gasteiger partial charge in [-0.25, -0.2) is 0 Å². The molecule has 0 aromatic heterocycles. The van der Waals surface area contributed by atoms with Crippen molar-refractivity contribution in [1.29, 1.82) is 0 Å². The Morgan fingerprint density at radius 2 is 0.540 bits per heavy atom. The van der Waals surface area contributed by atoms with E-state index in [1.165, 1.54) is 181 Å². The number of nitrogens with zero attached hydrogens (tertiary/aromatic N) is 4. The molecule has 0 radical (unpaired) electrons. The normalized spacial score (nSPS) is 13.8. The van der Waals surface area contributed by atoms with Crippen LogP contribution in [0.5, 0.6) is 0 Å². The Morgan fingerprint density at radius 1 is 0.320 bits per heavy atom. The van der Waals surface area contributed by atoms with Crippen molar-refractivity contribution >= 4 is 0 Å². The van der Waals surface area contributed by atoms with Gasteiger partial charge in [0, 0.05) is 0 Å². The largest absolute Gasteiger partial charge is 1.00 e. The van der Waals surface area contributed by atoms with E-state index in [9.17, 15) is 0 Å². The third kappa shape index (κ3) is 36.2. The van der Waals surface area contributed by atoms with E-state index in [4.69, 9.17) is 0 Å². The molecule has 0 aromatic rings. The number of likely N-dealkylation sites (N-methyl/N-ethyl adjacent to an activating group) is 4. The summed E-state index contributed by atoms with van der Waals surface area (Å²) in [5.74, 6) is 0. The molecule has 0 aliphatic carbocycles. The molecule has 50 heavy (non-hydrogen) atoms. The maximum atomic E-state index is 4.17. The third-order valence-corrected chi connectivity index (χ3v) is 11.0. The molecular formula is C42H90Br4N4. The van der Waals surface area contributed by atoms with E-state index in [2.05, 4.69) is 81.4 Å². The number of hydrogen-bond acceptors (Lipinski definition) is 0. The third-order valence-electron chi connectivity index (χ3n) is 11.0. The van der Waals surface area contributed by atoms with Crippen molar-refractivity contribution in [2.45, 2.75) is 142 Å². The summed E-state index contributed by atoms with van der Waals surface area (Å²) in [6, 6.07) is 0. The molecule has 0 heterocycles. The minimum Gasteiger partial charge on any atom is -1.00 e. The molecule has 0 fully saturated rings. The lowest BCUT2D eigenvalue weighted by atomic mass is 10.1. The van der Waals surface area contributed by atoms with E-state index < -0.39 is 0 Å². The van der Waals surface area contributed by atoms with Gasteiger partial charge in [0.25, 0.3) is 0 Å². The zero-order valence-corrected chi connectivity index (χ0v) is 41.4. The predicted octanol–water partition coefficient (Wildman–Crippen LogP) is -1.74. The molecule has 8 heteroatoms. The fraction of sp³-hybridized carbons (Fsp3) is 0.905. The van der Waals surface area contributed by atoms with Gasteiger partial charge in [-0.3, -0.25) is 0 Å². The Balaban J connectivity index is -0.00000169. The smallest absolute Gasteiger partial charge is 0.129 e. The van der Waals surface area contributed by atoms with Gasteiger partial charge in [0.15, 0.2) is 0 Å². The average Bonchev–Trinajstić information content (AvgIpc) is 3.01. The summed E-state index contributed by atoms with van der Waals surface area (Å²) < 4.78 is 4.49. The van der Waals surface area contributed by atoms with Crippen LogP contribution in [0.25, 0.3) is 0 Å². The first-order chi connectivity index (χ1) is 21.9. The Kier molecular flexibility index (Phi) is 45.0. The average molecular weight is 971 g/mol. The molecule has 0 spiro atoms. The Morgan fingerprint density at radius 3 is 0.780 bits per heavy atom. The molecule has 0 aliphatic heterocycles. The van der Waals surface area contributed by atoms with Crippen LogP contribution in [0.15, 0.2) is 25.3 Å². The summed E-state index contributed by atoms with van der Waals surface area (Å²) in [7, 11) is 14.8. The van der Waals surface area contributed by atoms with Crippen LogP contribution in [0.3, 0.4) is 0 Å². The van der Waals surface area contributed by atoms with Crippen molar-refractivity contribution < 1.29 is 85.9 Å². The van der Waals surface area contributed by atoms with Crippen LogP contribution in [-0.2, 0) is 0 Å². The molecule has 2 unspecified atom stereocenters. The molecular weight excluding hydrogens is 880 g/mol. The second-order valence-corrected chi connectivity index (χ2v) is 17.2. The molecule has 0 saturated heterocycles. The lowest BCUT2D eigenvalue weighted by molar-refractivity contribution is -0.987. The van der Waals surface area contributed by atoms with Gasteiger partial charge >= 0.3 is 0 Å². The van der Waals surface area contributed by atoms with Crippen LogP contribution in [0.2, 0.25) is 0 Å². The Hall–Kier alpha value is 1.24. The first-order valence-corrected chi connectivity index (χ1v) is 20.4. The summed E-state index contributed by atoms with van der Waals surface area (Å²) in [6.45, 7) is 25.0. The monoisotopic (exact) mass is 966 g/mol. The fourth-order valence-corrected chi connectivity index (χ4v) is 7.00. The van der Waals surface area contributed by atoms with Crippen molar-refractivity contribution in [1.82, 2.24) is 0 Å². The molecule has 0 rings (SSSR count). The molecule has 306 valence electrons. The zero-order chi connectivity index (χ0) is 34.6. The van der Waals surface area contributed by atoms with Crippen molar-refractivity contribution in [3.8, 4) is 0 Å². The van der Waals surface area contributed by atoms with Crippen molar-refractivity contribution in [2.75, 3.05) is 108 Å². The second kappa shape index (κ2) is 37.2. The highest BCUT2D eigenvalue weighted by Gasteiger charge is 2.31. The van der Waals surface area contributed by atoms with E-state index in [0.29, 0.717) is 0 Å². The molecule has 0 bridgehead atoms. The first kappa shape index (κ1) is 60.5. The fourth-order valence-electron chi connectivity index (χ4n) is 7.00. The summed E-state index contributed by atoms with van der Waals surface area (Å²) in [5.41, 5.74) is 0. The van der Waals surface area contributed by atoms with Crippen LogP contribution < -0.4 is 67.9 Å². The maximum Gasteiger partial charge on any atom is 0.129 e. The Labute approximate surface area is 358 Å². The van der Waals surface area contributed by atoms with Gasteiger partial charge in [-0.15, -0.1) is 0 Å². The van der Waals surface area contributed by atoms with Crippen LogP contribution in [0.4, 0.5) is 0 Å². The SMILES string of the molecule is C=CC[N+](C)(CC[N+](C)(C)CCCCCCCCCCCC)CC[N+](C)(CC=C)CC[N+](C)(C)CCCCCCCCCCCC.[Br-].[Br-].[Br-].[Br-]. The van der Waals surface area contributed by atoms with E-state index in [1.807, 2.05) is 0 Å². The standard InChI is InChI=1S/C42H90N4.4BrH/c1-11-15-17-19-21-23-25-27-29-31-35-43(5,6)37-39-45(9,33-13-3)41-42-46(10,34-14-4)40-38-44(7,8)36-32-30-28-26-24-22-20-18-16-12-2;;;;/h13-14H,3-4,11-12,15-42H2,1-2,5-10H3;4*1H/q+4;;;;/p-4. The van der Waals surface area contributed by atoms with Crippen molar-refractivity contribution in [2.24, 2.45) is 0 Å². The molecule has 0 amide bonds. The minimum absolute atomic E-state index is 0. The quantitative estimate of drug-likeness (QED) is 0.0403. The summed E-state index contributed by atoms with van der Waals surface area (Å²) in [4.78, 5) is 0. The predicted molar refractivity (Wildman–Crippen MR) is 209 cm³/mol. The number of unbranched alkanes of at least 4 members (excludes halogenated alkanes) is 18. The van der Waals surface area contributed by atoms with E-state index in [1.54, 1.807) is 0 Å². The number of hydrogen-bond donors (Lipinski definition) is 0. The first-order valence-electron chi connectivity index (χ1n) is 20.4. The van der Waals surface area contributed by atoms with Gasteiger partial charge in [0.2, 0.25) is 0 Å². The molecule has 0 saturated carbocycles. The van der Waals surface area contributed by atoms with E-state index >= 15 is 0 Å². The molecule has 0 aromatic carbocycles. The summed E-state index contributed by atoms with van der Waals surface area (Å²) >= 11 is 0. The van der Waals surface area contributed by atoms with E-state index in [0.717, 1.165) is 31.0 Å². The number of rotatable bonds is 35. The van der Waals surface area contributed by atoms with Gasteiger partial charge in [0.05, 0.1) is 68.5 Å². The second-order valence-electron chi connectivity index (χ2n) is 17.2. The topological polar surface area (TPSA) is 0 Å². The minimum atomic E-state index is 0. The van der Waals surface area contributed by atoms with Crippen LogP contribution in [0.1, 0.15) is 142 Å². The van der Waals surface area contributed by atoms with Crippen LogP contribution in [0, 0.1) is 0 Å². The molecule has 2 atom stereocenters. The van der Waals surface area contributed by atoms with Gasteiger partial charge in [-0.1, -0.05) is 130 Å². The van der Waals surface area contributed by atoms with E-state index in [-0.39, 0.29) is 67.9 Å². The van der Waals surface area contributed by atoms with Gasteiger partial charge in [0.1, 0.15) is 39.3 Å².